The van der Waals surface area contributed by atoms with Crippen LogP contribution in [0.2, 0.25) is 5.02 Å². The number of ether oxygens (including phenoxy) is 1. The minimum absolute atomic E-state index is 0.142. The highest BCUT2D eigenvalue weighted by atomic mass is 35.5. The van der Waals surface area contributed by atoms with Gasteiger partial charge >= 0.3 is 0 Å². The van der Waals surface area contributed by atoms with E-state index < -0.39 is 0 Å². The van der Waals surface area contributed by atoms with Crippen molar-refractivity contribution >= 4 is 11.6 Å². The molecule has 6 heteroatoms. The van der Waals surface area contributed by atoms with Crippen LogP contribution in [0.4, 0.5) is 0 Å². The molecular weight excluding hydrogens is 290 g/mol. The minimum Gasteiger partial charge on any atom is -0.483 e. The van der Waals surface area contributed by atoms with Gasteiger partial charge in [0.2, 0.25) is 0 Å². The molecule has 3 rings (SSSR count). The van der Waals surface area contributed by atoms with E-state index in [4.69, 9.17) is 20.9 Å². The summed E-state index contributed by atoms with van der Waals surface area (Å²) in [6.07, 6.45) is 2.31. The molecule has 21 heavy (non-hydrogen) atoms. The molecule has 0 aliphatic heterocycles. The van der Waals surface area contributed by atoms with Crippen LogP contribution >= 0.6 is 11.6 Å². The zero-order valence-corrected chi connectivity index (χ0v) is 12.9. The highest BCUT2D eigenvalue weighted by Crippen LogP contribution is 2.38. The lowest BCUT2D eigenvalue weighted by molar-refractivity contribution is 0.239. The van der Waals surface area contributed by atoms with Gasteiger partial charge in [-0.1, -0.05) is 16.8 Å². The standard InChI is InChI=1S/C15H18ClN3O2/c1-9(17-2)12-7-11(16)5-6-13(12)20-8-14-18-15(19-21-14)10-3-4-10/h5-7,9-10,17H,3-4,8H2,1-2H3. The third kappa shape index (κ3) is 3.36. The molecule has 1 saturated carbocycles. The van der Waals surface area contributed by atoms with Crippen molar-refractivity contribution < 1.29 is 9.26 Å². The second-order valence-electron chi connectivity index (χ2n) is 5.30. The van der Waals surface area contributed by atoms with Crippen LogP contribution in [0, 0.1) is 0 Å². The number of rotatable bonds is 6. The van der Waals surface area contributed by atoms with Gasteiger partial charge in [-0.3, -0.25) is 0 Å². The Morgan fingerprint density at radius 1 is 1.48 bits per heavy atom. The van der Waals surface area contributed by atoms with E-state index >= 15 is 0 Å². The number of halogens is 1. The summed E-state index contributed by atoms with van der Waals surface area (Å²) in [7, 11) is 1.90. The Hall–Kier alpha value is -1.59. The molecule has 1 aromatic heterocycles. The predicted octanol–water partition coefficient (Wildman–Crippen LogP) is 3.46. The lowest BCUT2D eigenvalue weighted by Gasteiger charge is -2.16. The predicted molar refractivity (Wildman–Crippen MR) is 79.5 cm³/mol. The van der Waals surface area contributed by atoms with Crippen LogP contribution < -0.4 is 10.1 Å². The van der Waals surface area contributed by atoms with Gasteiger partial charge in [0.15, 0.2) is 12.4 Å². The van der Waals surface area contributed by atoms with Gasteiger partial charge in [-0.05, 0) is 45.0 Å². The molecule has 0 bridgehead atoms. The van der Waals surface area contributed by atoms with Crippen molar-refractivity contribution in [3.63, 3.8) is 0 Å². The van der Waals surface area contributed by atoms with Gasteiger partial charge in [-0.2, -0.15) is 4.98 Å². The zero-order chi connectivity index (χ0) is 14.8. The first kappa shape index (κ1) is 14.4. The summed E-state index contributed by atoms with van der Waals surface area (Å²) in [6, 6.07) is 5.72. The van der Waals surface area contributed by atoms with Gasteiger partial charge in [0, 0.05) is 22.5 Å². The Morgan fingerprint density at radius 3 is 3.00 bits per heavy atom. The van der Waals surface area contributed by atoms with Gasteiger partial charge in [-0.25, -0.2) is 0 Å². The van der Waals surface area contributed by atoms with E-state index in [-0.39, 0.29) is 12.6 Å². The Morgan fingerprint density at radius 2 is 2.29 bits per heavy atom. The fraction of sp³-hybridized carbons (Fsp3) is 0.467. The molecule has 0 saturated heterocycles. The highest BCUT2D eigenvalue weighted by molar-refractivity contribution is 6.30. The number of hydrogen-bond acceptors (Lipinski definition) is 5. The van der Waals surface area contributed by atoms with Crippen molar-refractivity contribution in [3.8, 4) is 5.75 Å². The van der Waals surface area contributed by atoms with Crippen LogP contribution in [0.3, 0.4) is 0 Å². The lowest BCUT2D eigenvalue weighted by Crippen LogP contribution is -2.13. The molecule has 2 aromatic rings. The second kappa shape index (κ2) is 6.03. The average molecular weight is 308 g/mol. The van der Waals surface area contributed by atoms with Crippen molar-refractivity contribution in [1.82, 2.24) is 15.5 Å². The molecule has 1 aliphatic carbocycles. The maximum absolute atomic E-state index is 6.06. The fourth-order valence-electron chi connectivity index (χ4n) is 2.12. The molecule has 112 valence electrons. The van der Waals surface area contributed by atoms with Gasteiger partial charge < -0.3 is 14.6 Å². The van der Waals surface area contributed by atoms with Crippen molar-refractivity contribution in [2.24, 2.45) is 0 Å². The number of hydrogen-bond donors (Lipinski definition) is 1. The molecule has 5 nitrogen and oxygen atoms in total. The molecule has 1 unspecified atom stereocenters. The molecule has 1 heterocycles. The Kier molecular flexibility index (Phi) is 4.12. The number of nitrogens with one attached hydrogen (secondary N) is 1. The number of aromatic nitrogens is 2. The summed E-state index contributed by atoms with van der Waals surface area (Å²) < 4.78 is 11.0. The Labute approximate surface area is 128 Å². The second-order valence-corrected chi connectivity index (χ2v) is 5.74. The fourth-order valence-corrected chi connectivity index (χ4v) is 2.30. The van der Waals surface area contributed by atoms with Crippen LogP contribution in [-0.4, -0.2) is 17.2 Å². The Bertz CT molecular complexity index is 625. The minimum atomic E-state index is 0.142. The molecule has 0 amide bonds. The number of benzene rings is 1. The van der Waals surface area contributed by atoms with Crippen LogP contribution in [0.1, 0.15) is 49.0 Å². The summed E-state index contributed by atoms with van der Waals surface area (Å²) in [6.45, 7) is 2.32. The maximum atomic E-state index is 6.06. The molecule has 1 aliphatic rings. The quantitative estimate of drug-likeness (QED) is 0.885. The van der Waals surface area contributed by atoms with Gasteiger partial charge in [0.1, 0.15) is 5.75 Å². The van der Waals surface area contributed by atoms with E-state index in [1.165, 1.54) is 0 Å². The molecule has 1 fully saturated rings. The SMILES string of the molecule is CNC(C)c1cc(Cl)ccc1OCc1nc(C2CC2)no1. The smallest absolute Gasteiger partial charge is 0.264 e. The normalized spacial score (nSPS) is 16.0. The van der Waals surface area contributed by atoms with E-state index in [1.54, 1.807) is 0 Å². The molecular formula is C15H18ClN3O2. The van der Waals surface area contributed by atoms with E-state index in [0.29, 0.717) is 16.8 Å². The summed E-state index contributed by atoms with van der Waals surface area (Å²) in [5.41, 5.74) is 1.01. The summed E-state index contributed by atoms with van der Waals surface area (Å²) in [5, 5.41) is 7.85. The van der Waals surface area contributed by atoms with E-state index in [1.807, 2.05) is 25.2 Å². The van der Waals surface area contributed by atoms with Crippen LogP contribution in [0.15, 0.2) is 22.7 Å². The summed E-state index contributed by atoms with van der Waals surface area (Å²) >= 11 is 6.06. The van der Waals surface area contributed by atoms with Gasteiger partial charge in [0.25, 0.3) is 5.89 Å². The molecule has 0 radical (unpaired) electrons. The average Bonchev–Trinajstić information content (AvgIpc) is 3.24. The summed E-state index contributed by atoms with van der Waals surface area (Å²) in [4.78, 5) is 4.36. The van der Waals surface area contributed by atoms with Crippen molar-refractivity contribution in [2.75, 3.05) is 7.05 Å². The third-order valence-electron chi connectivity index (χ3n) is 3.65. The van der Waals surface area contributed by atoms with Crippen molar-refractivity contribution in [3.05, 3.63) is 40.5 Å². The highest BCUT2D eigenvalue weighted by Gasteiger charge is 2.28. The van der Waals surface area contributed by atoms with E-state index in [9.17, 15) is 0 Å². The van der Waals surface area contributed by atoms with Gasteiger partial charge in [-0.15, -0.1) is 0 Å². The zero-order valence-electron chi connectivity index (χ0n) is 12.1. The topological polar surface area (TPSA) is 60.2 Å². The number of nitrogens with zero attached hydrogens (tertiary/aromatic N) is 2. The third-order valence-corrected chi connectivity index (χ3v) is 3.88. The van der Waals surface area contributed by atoms with E-state index in [0.717, 1.165) is 30.0 Å². The van der Waals surface area contributed by atoms with Crippen molar-refractivity contribution in [2.45, 2.75) is 38.3 Å². The Balaban J connectivity index is 1.71. The van der Waals surface area contributed by atoms with E-state index in [2.05, 4.69) is 22.4 Å². The first-order valence-corrected chi connectivity index (χ1v) is 7.47. The molecule has 0 spiro atoms. The first-order chi connectivity index (χ1) is 10.2. The van der Waals surface area contributed by atoms with Crippen LogP contribution in [0.25, 0.3) is 0 Å². The lowest BCUT2D eigenvalue weighted by atomic mass is 10.1. The first-order valence-electron chi connectivity index (χ1n) is 7.09. The molecule has 1 N–H and O–H groups in total. The van der Waals surface area contributed by atoms with Crippen LogP contribution in [0.5, 0.6) is 5.75 Å². The van der Waals surface area contributed by atoms with Crippen molar-refractivity contribution in [1.29, 1.82) is 0 Å². The van der Waals surface area contributed by atoms with Crippen LogP contribution in [-0.2, 0) is 6.61 Å². The largest absolute Gasteiger partial charge is 0.483 e. The molecule has 1 atom stereocenters. The van der Waals surface area contributed by atoms with Gasteiger partial charge in [0.05, 0.1) is 0 Å². The maximum Gasteiger partial charge on any atom is 0.264 e. The molecule has 1 aromatic carbocycles. The summed E-state index contributed by atoms with van der Waals surface area (Å²) in [5.74, 6) is 2.56. The monoisotopic (exact) mass is 307 g/mol.